The van der Waals surface area contributed by atoms with Gasteiger partial charge in [-0.3, -0.25) is 9.97 Å². The normalized spacial score (nSPS) is 13.2. The first-order valence-corrected chi connectivity index (χ1v) is 14.4. The number of benzene rings is 4. The predicted octanol–water partition coefficient (Wildman–Crippen LogP) is 7.75. The van der Waals surface area contributed by atoms with Gasteiger partial charge in [-0.2, -0.15) is 0 Å². The second kappa shape index (κ2) is 9.95. The number of hydrogen-bond acceptors (Lipinski definition) is 2. The van der Waals surface area contributed by atoms with Gasteiger partial charge in [-0.05, 0) is 75.7 Å². The average molecular weight is 542 g/mol. The fraction of sp³-hybridized carbons (Fsp3) is 0.0526. The maximum absolute atomic E-state index is 4.69. The van der Waals surface area contributed by atoms with Gasteiger partial charge in [0.1, 0.15) is 0 Å². The molecule has 0 saturated carbocycles. The molecule has 200 valence electrons. The van der Waals surface area contributed by atoms with Gasteiger partial charge in [0.15, 0.2) is 0 Å². The van der Waals surface area contributed by atoms with Crippen LogP contribution in [-0.2, 0) is 7.05 Å². The van der Waals surface area contributed by atoms with Crippen LogP contribution in [0.5, 0.6) is 0 Å². The van der Waals surface area contributed by atoms with Gasteiger partial charge in [-0.1, -0.05) is 72.8 Å². The molecule has 0 amide bonds. The third kappa shape index (κ3) is 4.12. The third-order valence-corrected chi connectivity index (χ3v) is 8.44. The summed E-state index contributed by atoms with van der Waals surface area (Å²) in [6.07, 6.45) is 10.3. The van der Waals surface area contributed by atoms with E-state index in [-0.39, 0.29) is 0 Å². The van der Waals surface area contributed by atoms with Crippen molar-refractivity contribution in [1.29, 1.82) is 0 Å². The van der Waals surface area contributed by atoms with Crippen LogP contribution >= 0.6 is 0 Å². The Bertz CT molecular complexity index is 2170. The van der Waals surface area contributed by atoms with Crippen molar-refractivity contribution in [1.82, 2.24) is 14.5 Å². The fourth-order valence-corrected chi connectivity index (χ4v) is 6.22. The molecule has 4 aromatic carbocycles. The van der Waals surface area contributed by atoms with Gasteiger partial charge in [-0.15, -0.1) is 0 Å². The van der Waals surface area contributed by atoms with Crippen molar-refractivity contribution in [2.45, 2.75) is 0 Å². The summed E-state index contributed by atoms with van der Waals surface area (Å²) >= 11 is 0. The van der Waals surface area contributed by atoms with Gasteiger partial charge < -0.3 is 9.88 Å². The van der Waals surface area contributed by atoms with Crippen molar-refractivity contribution in [2.75, 3.05) is 6.54 Å². The van der Waals surface area contributed by atoms with E-state index in [0.717, 1.165) is 29.1 Å². The van der Waals surface area contributed by atoms with Crippen LogP contribution < -0.4 is 5.32 Å². The molecule has 0 fully saturated rings. The molecule has 7 aromatic rings. The largest absolute Gasteiger partial charge is 0.343 e. The predicted molar refractivity (Wildman–Crippen MR) is 174 cm³/mol. The molecule has 8 rings (SSSR count). The highest BCUT2D eigenvalue weighted by molar-refractivity contribution is 6.18. The Hall–Kier alpha value is -5.32. The molecule has 0 spiro atoms. The molecule has 0 radical (unpaired) electrons. The smallest absolute Gasteiger partial charge is 0.0993 e. The number of aromatic nitrogens is 3. The fourth-order valence-electron chi connectivity index (χ4n) is 6.22. The maximum atomic E-state index is 4.69. The lowest BCUT2D eigenvalue weighted by Gasteiger charge is -2.08. The first-order valence-electron chi connectivity index (χ1n) is 14.4. The summed E-state index contributed by atoms with van der Waals surface area (Å²) in [6, 6.07) is 37.1. The number of pyridine rings is 2. The van der Waals surface area contributed by atoms with Crippen molar-refractivity contribution in [2.24, 2.45) is 7.05 Å². The summed E-state index contributed by atoms with van der Waals surface area (Å²) in [6.45, 7) is 0.998. The van der Waals surface area contributed by atoms with Gasteiger partial charge in [0.25, 0.3) is 0 Å². The van der Waals surface area contributed by atoms with E-state index in [0.29, 0.717) is 0 Å². The van der Waals surface area contributed by atoms with Crippen LogP contribution in [0.15, 0.2) is 134 Å². The van der Waals surface area contributed by atoms with Crippen LogP contribution in [0.2, 0.25) is 0 Å². The van der Waals surface area contributed by atoms with Gasteiger partial charge in [-0.25, -0.2) is 0 Å². The number of fused-ring (bicyclic) bond motifs is 5. The summed E-state index contributed by atoms with van der Waals surface area (Å²) < 4.78 is 2.35. The van der Waals surface area contributed by atoms with Crippen LogP contribution in [0.25, 0.3) is 71.8 Å². The van der Waals surface area contributed by atoms with E-state index in [1.165, 1.54) is 54.8 Å². The number of rotatable bonds is 4. The van der Waals surface area contributed by atoms with Gasteiger partial charge in [0.2, 0.25) is 0 Å². The molecule has 0 atom stereocenters. The molecule has 0 saturated heterocycles. The molecule has 1 aliphatic heterocycles. The van der Waals surface area contributed by atoms with E-state index in [1.54, 1.807) is 6.20 Å². The summed E-state index contributed by atoms with van der Waals surface area (Å²) in [5.41, 5.74) is 11.5. The SMILES string of the molecule is Cn1c2cc(-c3ccc(C4=CC[NH2+]C=C4)cc3)ccc2c2ccc3cc(-c4ccc(-c5ccccn5)nc4)ccc3c21. The quantitative estimate of drug-likeness (QED) is 0.248. The third-order valence-electron chi connectivity index (χ3n) is 8.44. The molecule has 0 unspecified atom stereocenters. The molecule has 3 aromatic heterocycles. The highest BCUT2D eigenvalue weighted by Crippen LogP contribution is 2.37. The van der Waals surface area contributed by atoms with E-state index >= 15 is 0 Å². The minimum Gasteiger partial charge on any atom is -0.343 e. The Morgan fingerprint density at radius 1 is 0.643 bits per heavy atom. The molecule has 42 heavy (non-hydrogen) atoms. The first-order chi connectivity index (χ1) is 20.7. The van der Waals surface area contributed by atoms with E-state index in [1.807, 2.05) is 30.5 Å². The molecule has 2 N–H and O–H groups in total. The average Bonchev–Trinajstić information content (AvgIpc) is 3.36. The zero-order valence-electron chi connectivity index (χ0n) is 23.3. The minimum atomic E-state index is 0.880. The minimum absolute atomic E-state index is 0.880. The molecule has 0 aliphatic carbocycles. The second-order valence-electron chi connectivity index (χ2n) is 10.9. The van der Waals surface area contributed by atoms with Crippen LogP contribution in [-0.4, -0.2) is 21.1 Å². The van der Waals surface area contributed by atoms with E-state index in [2.05, 4.69) is 124 Å². The molecule has 1 aliphatic rings. The Morgan fingerprint density at radius 2 is 1.38 bits per heavy atom. The highest BCUT2D eigenvalue weighted by atomic mass is 14.9. The maximum Gasteiger partial charge on any atom is 0.0993 e. The summed E-state index contributed by atoms with van der Waals surface area (Å²) in [5, 5.41) is 7.22. The van der Waals surface area contributed by atoms with Crippen LogP contribution in [0.3, 0.4) is 0 Å². The number of nitrogens with two attached hydrogens (primary N) is 1. The van der Waals surface area contributed by atoms with Crippen molar-refractivity contribution in [3.05, 3.63) is 139 Å². The zero-order chi connectivity index (χ0) is 28.0. The number of hydrogen-bond donors (Lipinski definition) is 1. The first kappa shape index (κ1) is 24.5. The molecule has 4 heteroatoms. The Balaban J connectivity index is 1.16. The lowest BCUT2D eigenvalue weighted by atomic mass is 9.98. The number of allylic oxidation sites excluding steroid dienone is 2. The lowest BCUT2D eigenvalue weighted by Crippen LogP contribution is -2.78. The number of quaternary nitrogens is 1. The van der Waals surface area contributed by atoms with Crippen LogP contribution in [0, 0.1) is 0 Å². The monoisotopic (exact) mass is 541 g/mol. The lowest BCUT2D eigenvalue weighted by molar-refractivity contribution is -0.578. The molecule has 4 heterocycles. The highest BCUT2D eigenvalue weighted by Gasteiger charge is 2.14. The van der Waals surface area contributed by atoms with E-state index < -0.39 is 0 Å². The summed E-state index contributed by atoms with van der Waals surface area (Å²) in [4.78, 5) is 9.11. The Kier molecular flexibility index (Phi) is 5.80. The van der Waals surface area contributed by atoms with Crippen molar-refractivity contribution < 1.29 is 5.32 Å². The van der Waals surface area contributed by atoms with E-state index in [9.17, 15) is 0 Å². The van der Waals surface area contributed by atoms with Crippen LogP contribution in [0.1, 0.15) is 5.56 Å². The summed E-state index contributed by atoms with van der Waals surface area (Å²) in [5.74, 6) is 0. The molecule has 0 bridgehead atoms. The number of nitrogens with zero attached hydrogens (tertiary/aromatic N) is 3. The van der Waals surface area contributed by atoms with Crippen molar-refractivity contribution in [3.8, 4) is 33.6 Å². The Labute approximate surface area is 244 Å². The number of aryl methyl sites for hydroxylation is 1. The van der Waals surface area contributed by atoms with Crippen molar-refractivity contribution >= 4 is 38.2 Å². The molecular weight excluding hydrogens is 512 g/mol. The van der Waals surface area contributed by atoms with Gasteiger partial charge >= 0.3 is 0 Å². The van der Waals surface area contributed by atoms with E-state index in [4.69, 9.17) is 0 Å². The molecular formula is C38H29N4+. The Morgan fingerprint density at radius 3 is 2.14 bits per heavy atom. The van der Waals surface area contributed by atoms with Crippen molar-refractivity contribution in [3.63, 3.8) is 0 Å². The standard InChI is InChI=1S/C38H28N4/c1-42-37-23-29(26-7-5-25(6-8-26)27-17-20-39-21-18-27)10-14-33(37)34-15-11-30-22-28(9-13-32(30)38(34)42)31-12-16-36(41-24-31)35-4-2-3-19-40-35/h2-20,22-24,39H,21H2,1H3/p+1. The zero-order valence-corrected chi connectivity index (χ0v) is 23.3. The molecule has 4 nitrogen and oxygen atoms in total. The van der Waals surface area contributed by atoms with Gasteiger partial charge in [0, 0.05) is 46.7 Å². The van der Waals surface area contributed by atoms with Gasteiger partial charge in [0.05, 0.1) is 29.6 Å². The summed E-state index contributed by atoms with van der Waals surface area (Å²) in [7, 11) is 2.18. The van der Waals surface area contributed by atoms with Crippen LogP contribution in [0.4, 0.5) is 0 Å². The topological polar surface area (TPSA) is 47.3 Å². The second-order valence-corrected chi connectivity index (χ2v) is 10.9.